The Morgan fingerprint density at radius 2 is 2.14 bits per heavy atom. The van der Waals surface area contributed by atoms with Crippen LogP contribution in [0.1, 0.15) is 13.3 Å². The number of amides is 1. The number of carbonyl (C=O) groups is 1. The molecular weight excluding hydrogens is 333 g/mol. The van der Waals surface area contributed by atoms with Gasteiger partial charge in [0.05, 0.1) is 15.7 Å². The first-order chi connectivity index (χ1) is 9.95. The second-order valence-corrected chi connectivity index (χ2v) is 6.55. The average Bonchev–Trinajstić information content (AvgIpc) is 2.47. The van der Waals surface area contributed by atoms with Gasteiger partial charge < -0.3 is 10.8 Å². The molecule has 0 aliphatic heterocycles. The van der Waals surface area contributed by atoms with Crippen LogP contribution in [0.2, 0.25) is 10.0 Å². The van der Waals surface area contributed by atoms with Crippen molar-refractivity contribution in [1.82, 2.24) is 5.43 Å². The van der Waals surface area contributed by atoms with Crippen molar-refractivity contribution >= 4 is 46.6 Å². The van der Waals surface area contributed by atoms with E-state index in [0.717, 1.165) is 11.5 Å². The highest BCUT2D eigenvalue weighted by Crippen LogP contribution is 2.24. The predicted octanol–water partition coefficient (Wildman–Crippen LogP) is 2.27. The summed E-state index contributed by atoms with van der Waals surface area (Å²) in [5.41, 5.74) is 11.4. The van der Waals surface area contributed by atoms with E-state index in [1.54, 1.807) is 30.0 Å². The topological polar surface area (TPSA) is 87.4 Å². The van der Waals surface area contributed by atoms with Gasteiger partial charge >= 0.3 is 0 Å². The molecule has 0 radical (unpaired) electrons. The van der Waals surface area contributed by atoms with Gasteiger partial charge in [0.25, 0.3) is 5.91 Å². The summed E-state index contributed by atoms with van der Waals surface area (Å²) in [4.78, 5) is 11.8. The number of halogens is 2. The van der Waals surface area contributed by atoms with Gasteiger partial charge in [-0.1, -0.05) is 30.1 Å². The molecule has 0 aliphatic rings. The first-order valence-corrected chi connectivity index (χ1v) is 8.39. The molecule has 2 atom stereocenters. The van der Waals surface area contributed by atoms with Gasteiger partial charge in [-0.15, -0.1) is 0 Å². The van der Waals surface area contributed by atoms with Crippen LogP contribution in [0, 0.1) is 0 Å². The Morgan fingerprint density at radius 1 is 1.43 bits per heavy atom. The summed E-state index contributed by atoms with van der Waals surface area (Å²) < 4.78 is 0. The number of hydrogen-bond acceptors (Lipinski definition) is 5. The highest BCUT2D eigenvalue weighted by atomic mass is 35.5. The summed E-state index contributed by atoms with van der Waals surface area (Å²) in [6, 6.07) is 4.22. The van der Waals surface area contributed by atoms with Crippen molar-refractivity contribution in [1.29, 1.82) is 0 Å². The molecule has 0 saturated heterocycles. The molecule has 0 aliphatic carbocycles. The van der Waals surface area contributed by atoms with E-state index in [0.29, 0.717) is 22.2 Å². The summed E-state index contributed by atoms with van der Waals surface area (Å²) in [5, 5.41) is 10.6. The van der Waals surface area contributed by atoms with Crippen LogP contribution in [0.15, 0.2) is 18.2 Å². The lowest BCUT2D eigenvalue weighted by Gasteiger charge is -2.18. The Kier molecular flexibility index (Phi) is 8.21. The molecule has 1 rings (SSSR count). The number of anilines is 1. The van der Waals surface area contributed by atoms with E-state index in [1.807, 2.05) is 6.92 Å². The van der Waals surface area contributed by atoms with Gasteiger partial charge in [0.2, 0.25) is 0 Å². The minimum atomic E-state index is -1.27. The zero-order valence-electron chi connectivity index (χ0n) is 11.6. The Balaban J connectivity index is 2.43. The fourth-order valence-corrected chi connectivity index (χ4v) is 2.52. The lowest BCUT2D eigenvalue weighted by atomic mass is 10.1. The van der Waals surface area contributed by atoms with E-state index in [1.165, 1.54) is 0 Å². The van der Waals surface area contributed by atoms with Crippen LogP contribution in [0.4, 0.5) is 5.69 Å². The zero-order valence-corrected chi connectivity index (χ0v) is 13.9. The standard InChI is InChI=1S/C13H19Cl2N3O2S/c1-2-21-6-5-11(16)12(19)13(20)18-17-8-3-4-9(14)10(15)7-8/h3-4,7,11-12,17,19H,2,5-6,16H2,1H3,(H,18,20). The summed E-state index contributed by atoms with van der Waals surface area (Å²) in [7, 11) is 0. The number of thioether (sulfide) groups is 1. The third-order valence-corrected chi connectivity index (χ3v) is 4.40. The molecule has 0 saturated carbocycles. The summed E-state index contributed by atoms with van der Waals surface area (Å²) in [6.07, 6.45) is -0.697. The SMILES string of the molecule is CCSCCC(N)C(O)C(=O)NNc1ccc(Cl)c(Cl)c1. The van der Waals surface area contributed by atoms with Crippen molar-refractivity contribution in [2.24, 2.45) is 5.73 Å². The van der Waals surface area contributed by atoms with Crippen molar-refractivity contribution in [3.05, 3.63) is 28.2 Å². The minimum absolute atomic E-state index is 0.366. The number of hydrazine groups is 1. The molecule has 21 heavy (non-hydrogen) atoms. The van der Waals surface area contributed by atoms with E-state index in [-0.39, 0.29) is 0 Å². The number of aliphatic hydroxyl groups excluding tert-OH is 1. The van der Waals surface area contributed by atoms with Crippen LogP contribution in [0.25, 0.3) is 0 Å². The average molecular weight is 352 g/mol. The van der Waals surface area contributed by atoms with E-state index in [4.69, 9.17) is 28.9 Å². The largest absolute Gasteiger partial charge is 0.382 e. The maximum absolute atomic E-state index is 11.8. The number of carbonyl (C=O) groups excluding carboxylic acids is 1. The van der Waals surface area contributed by atoms with Gasteiger partial charge in [-0.2, -0.15) is 11.8 Å². The number of nitrogens with two attached hydrogens (primary N) is 1. The molecule has 1 aromatic carbocycles. The van der Waals surface area contributed by atoms with Gasteiger partial charge in [0, 0.05) is 6.04 Å². The third-order valence-electron chi connectivity index (χ3n) is 2.72. The molecule has 0 spiro atoms. The zero-order chi connectivity index (χ0) is 15.8. The van der Waals surface area contributed by atoms with Gasteiger partial charge in [-0.25, -0.2) is 0 Å². The molecular formula is C13H19Cl2N3O2S. The van der Waals surface area contributed by atoms with Crippen molar-refractivity contribution in [3.63, 3.8) is 0 Å². The van der Waals surface area contributed by atoms with Gasteiger partial charge in [-0.3, -0.25) is 15.6 Å². The van der Waals surface area contributed by atoms with Crippen molar-refractivity contribution in [3.8, 4) is 0 Å². The molecule has 8 heteroatoms. The molecule has 0 heterocycles. The minimum Gasteiger partial charge on any atom is -0.382 e. The second-order valence-electron chi connectivity index (χ2n) is 4.34. The molecule has 5 nitrogen and oxygen atoms in total. The molecule has 118 valence electrons. The van der Waals surface area contributed by atoms with Gasteiger partial charge in [0.1, 0.15) is 6.10 Å². The number of aliphatic hydroxyl groups is 1. The van der Waals surface area contributed by atoms with E-state index in [2.05, 4.69) is 10.9 Å². The van der Waals surface area contributed by atoms with Crippen molar-refractivity contribution in [2.45, 2.75) is 25.5 Å². The van der Waals surface area contributed by atoms with Crippen LogP contribution in [-0.2, 0) is 4.79 Å². The van der Waals surface area contributed by atoms with Crippen LogP contribution in [0.3, 0.4) is 0 Å². The number of benzene rings is 1. The molecule has 2 unspecified atom stereocenters. The molecule has 0 aromatic heterocycles. The Morgan fingerprint density at radius 3 is 2.76 bits per heavy atom. The fraction of sp³-hybridized carbons (Fsp3) is 0.462. The van der Waals surface area contributed by atoms with Gasteiger partial charge in [0.15, 0.2) is 0 Å². The molecule has 0 bridgehead atoms. The lowest BCUT2D eigenvalue weighted by molar-refractivity contribution is -0.129. The number of hydrogen-bond donors (Lipinski definition) is 4. The Labute approximate surface area is 138 Å². The molecule has 1 amide bonds. The van der Waals surface area contributed by atoms with Crippen LogP contribution >= 0.6 is 35.0 Å². The summed E-state index contributed by atoms with van der Waals surface area (Å²) >= 11 is 13.4. The predicted molar refractivity (Wildman–Crippen MR) is 89.8 cm³/mol. The molecule has 1 aromatic rings. The maximum Gasteiger partial charge on any atom is 0.268 e. The lowest BCUT2D eigenvalue weighted by Crippen LogP contribution is -2.48. The maximum atomic E-state index is 11.8. The fourth-order valence-electron chi connectivity index (χ4n) is 1.50. The van der Waals surface area contributed by atoms with E-state index >= 15 is 0 Å². The third kappa shape index (κ3) is 6.32. The quantitative estimate of drug-likeness (QED) is 0.426. The van der Waals surface area contributed by atoms with Crippen LogP contribution < -0.4 is 16.6 Å². The summed E-state index contributed by atoms with van der Waals surface area (Å²) in [6.45, 7) is 2.04. The molecule has 5 N–H and O–H groups in total. The van der Waals surface area contributed by atoms with Crippen LogP contribution in [0.5, 0.6) is 0 Å². The Hall–Kier alpha value is -0.660. The monoisotopic (exact) mass is 351 g/mol. The van der Waals surface area contributed by atoms with Crippen molar-refractivity contribution in [2.75, 3.05) is 16.9 Å². The molecule has 0 fully saturated rings. The van der Waals surface area contributed by atoms with Crippen LogP contribution in [-0.4, -0.2) is 34.7 Å². The smallest absolute Gasteiger partial charge is 0.268 e. The Bertz CT molecular complexity index is 477. The number of nitrogens with one attached hydrogen (secondary N) is 2. The highest BCUT2D eigenvalue weighted by Gasteiger charge is 2.22. The number of rotatable bonds is 8. The normalized spacial score (nSPS) is 13.6. The summed E-state index contributed by atoms with van der Waals surface area (Å²) in [5.74, 6) is 1.20. The van der Waals surface area contributed by atoms with Gasteiger partial charge in [-0.05, 0) is 36.1 Å². The first-order valence-electron chi connectivity index (χ1n) is 6.48. The second kappa shape index (κ2) is 9.38. The highest BCUT2D eigenvalue weighted by molar-refractivity contribution is 7.99. The van der Waals surface area contributed by atoms with Crippen molar-refractivity contribution < 1.29 is 9.90 Å². The van der Waals surface area contributed by atoms with E-state index < -0.39 is 18.1 Å². The first kappa shape index (κ1) is 18.4. The van der Waals surface area contributed by atoms with E-state index in [9.17, 15) is 9.90 Å².